The standard InChI is InChI=1S/C20H24F2N2O5/c1-12(2)17(24-18(25)15-5-4-10-28-15)19(26)23-9-8-13-6-7-14(27-3)16(11-13)29-20(21)22/h4-7,10-12,17,20H,8-9H2,1-3H3,(H,23,26)(H,24,25). The van der Waals surface area contributed by atoms with E-state index in [9.17, 15) is 18.4 Å². The van der Waals surface area contributed by atoms with Gasteiger partial charge in [0.2, 0.25) is 5.91 Å². The van der Waals surface area contributed by atoms with Gasteiger partial charge in [-0.05, 0) is 42.2 Å². The maximum Gasteiger partial charge on any atom is 0.387 e. The first-order chi connectivity index (χ1) is 13.8. The summed E-state index contributed by atoms with van der Waals surface area (Å²) in [6.07, 6.45) is 1.76. The Morgan fingerprint density at radius 1 is 1.17 bits per heavy atom. The van der Waals surface area contributed by atoms with Gasteiger partial charge in [-0.15, -0.1) is 0 Å². The summed E-state index contributed by atoms with van der Waals surface area (Å²) >= 11 is 0. The van der Waals surface area contributed by atoms with Crippen LogP contribution in [0.25, 0.3) is 0 Å². The molecule has 0 aliphatic rings. The molecule has 0 spiro atoms. The number of nitrogens with one attached hydrogen (secondary N) is 2. The van der Waals surface area contributed by atoms with Gasteiger partial charge in [0.15, 0.2) is 17.3 Å². The lowest BCUT2D eigenvalue weighted by molar-refractivity contribution is -0.123. The lowest BCUT2D eigenvalue weighted by atomic mass is 10.0. The van der Waals surface area contributed by atoms with E-state index in [-0.39, 0.29) is 35.6 Å². The molecule has 2 N–H and O–H groups in total. The van der Waals surface area contributed by atoms with E-state index in [0.717, 1.165) is 0 Å². The number of methoxy groups -OCH3 is 1. The number of halogens is 2. The van der Waals surface area contributed by atoms with E-state index in [1.54, 1.807) is 12.1 Å². The van der Waals surface area contributed by atoms with E-state index in [2.05, 4.69) is 15.4 Å². The highest BCUT2D eigenvalue weighted by Crippen LogP contribution is 2.29. The molecule has 2 amide bonds. The largest absolute Gasteiger partial charge is 0.493 e. The normalized spacial score (nSPS) is 12.0. The van der Waals surface area contributed by atoms with Gasteiger partial charge in [0.25, 0.3) is 5.91 Å². The van der Waals surface area contributed by atoms with Crippen LogP contribution in [0, 0.1) is 5.92 Å². The predicted molar refractivity (Wildman–Crippen MR) is 101 cm³/mol. The molecule has 158 valence electrons. The summed E-state index contributed by atoms with van der Waals surface area (Å²) in [5, 5.41) is 5.40. The van der Waals surface area contributed by atoms with Crippen LogP contribution in [0.4, 0.5) is 8.78 Å². The minimum atomic E-state index is -2.97. The molecule has 2 rings (SSSR count). The molecule has 1 aromatic carbocycles. The molecule has 0 saturated heterocycles. The fraction of sp³-hybridized carbons (Fsp3) is 0.400. The van der Waals surface area contributed by atoms with Crippen molar-refractivity contribution in [1.82, 2.24) is 10.6 Å². The third-order valence-electron chi connectivity index (χ3n) is 4.14. The molecule has 0 radical (unpaired) electrons. The molecular weight excluding hydrogens is 386 g/mol. The van der Waals surface area contributed by atoms with Crippen LogP contribution >= 0.6 is 0 Å². The second-order valence-corrected chi connectivity index (χ2v) is 6.58. The van der Waals surface area contributed by atoms with Crippen molar-refractivity contribution in [3.05, 3.63) is 47.9 Å². The molecule has 0 aliphatic heterocycles. The average molecular weight is 410 g/mol. The molecule has 29 heavy (non-hydrogen) atoms. The highest BCUT2D eigenvalue weighted by Gasteiger charge is 2.25. The van der Waals surface area contributed by atoms with Gasteiger partial charge >= 0.3 is 6.61 Å². The summed E-state index contributed by atoms with van der Waals surface area (Å²) < 4.78 is 39.5. The van der Waals surface area contributed by atoms with E-state index in [4.69, 9.17) is 9.15 Å². The molecule has 9 heteroatoms. The fourth-order valence-corrected chi connectivity index (χ4v) is 2.66. The van der Waals surface area contributed by atoms with Crippen molar-refractivity contribution >= 4 is 11.8 Å². The number of hydrogen-bond acceptors (Lipinski definition) is 5. The van der Waals surface area contributed by atoms with Crippen molar-refractivity contribution in [3.8, 4) is 11.5 Å². The van der Waals surface area contributed by atoms with Crippen LogP contribution < -0.4 is 20.1 Å². The SMILES string of the molecule is COc1ccc(CCNC(=O)C(NC(=O)c2ccco2)C(C)C)cc1OC(F)F. The molecule has 2 aromatic rings. The molecular formula is C20H24F2N2O5. The summed E-state index contributed by atoms with van der Waals surface area (Å²) in [7, 11) is 1.36. The highest BCUT2D eigenvalue weighted by molar-refractivity contribution is 5.95. The van der Waals surface area contributed by atoms with E-state index < -0.39 is 18.6 Å². The van der Waals surface area contributed by atoms with Crippen molar-refractivity contribution in [1.29, 1.82) is 0 Å². The van der Waals surface area contributed by atoms with Gasteiger partial charge in [-0.3, -0.25) is 9.59 Å². The molecule has 1 atom stereocenters. The number of ether oxygens (including phenoxy) is 2. The van der Waals surface area contributed by atoms with Gasteiger partial charge in [0.1, 0.15) is 6.04 Å². The van der Waals surface area contributed by atoms with Crippen molar-refractivity contribution in [3.63, 3.8) is 0 Å². The summed E-state index contributed by atoms with van der Waals surface area (Å²) in [6, 6.07) is 7.00. The Bertz CT molecular complexity index is 809. The van der Waals surface area contributed by atoms with E-state index >= 15 is 0 Å². The smallest absolute Gasteiger partial charge is 0.387 e. The van der Waals surface area contributed by atoms with Crippen LogP contribution in [-0.4, -0.2) is 38.1 Å². The van der Waals surface area contributed by atoms with Crippen LogP contribution in [0.1, 0.15) is 30.0 Å². The Labute approximate surface area is 167 Å². The van der Waals surface area contributed by atoms with Gasteiger partial charge in [0, 0.05) is 6.54 Å². The Morgan fingerprint density at radius 3 is 2.52 bits per heavy atom. The topological polar surface area (TPSA) is 89.8 Å². The van der Waals surface area contributed by atoms with Gasteiger partial charge < -0.3 is 24.5 Å². The number of hydrogen-bond donors (Lipinski definition) is 2. The Hall–Kier alpha value is -3.10. The van der Waals surface area contributed by atoms with Crippen LogP contribution in [0.3, 0.4) is 0 Å². The van der Waals surface area contributed by atoms with Crippen LogP contribution in [0.15, 0.2) is 41.0 Å². The first-order valence-electron chi connectivity index (χ1n) is 9.05. The zero-order valence-electron chi connectivity index (χ0n) is 16.4. The number of amides is 2. The molecule has 0 aliphatic carbocycles. The number of benzene rings is 1. The monoisotopic (exact) mass is 410 g/mol. The molecule has 1 aromatic heterocycles. The Kier molecular flexibility index (Phi) is 7.99. The van der Waals surface area contributed by atoms with E-state index in [0.29, 0.717) is 12.0 Å². The summed E-state index contributed by atoms with van der Waals surface area (Å²) in [5.74, 6) is -0.741. The third-order valence-corrected chi connectivity index (χ3v) is 4.14. The zero-order valence-corrected chi connectivity index (χ0v) is 16.4. The molecule has 1 unspecified atom stereocenters. The van der Waals surface area contributed by atoms with Crippen LogP contribution in [0.2, 0.25) is 0 Å². The number of rotatable bonds is 10. The lowest BCUT2D eigenvalue weighted by Crippen LogP contribution is -2.50. The minimum absolute atomic E-state index is 0.0721. The molecule has 0 bridgehead atoms. The van der Waals surface area contributed by atoms with Gasteiger partial charge in [-0.2, -0.15) is 8.78 Å². The van der Waals surface area contributed by atoms with Crippen molar-refractivity contribution in [2.24, 2.45) is 5.92 Å². The molecule has 1 heterocycles. The van der Waals surface area contributed by atoms with Crippen molar-refractivity contribution in [2.45, 2.75) is 32.9 Å². The Balaban J connectivity index is 1.93. The number of alkyl halides is 2. The summed E-state index contributed by atoms with van der Waals surface area (Å²) in [4.78, 5) is 24.6. The Morgan fingerprint density at radius 2 is 1.93 bits per heavy atom. The maximum absolute atomic E-state index is 12.5. The summed E-state index contributed by atoms with van der Waals surface area (Å²) in [5.41, 5.74) is 0.683. The average Bonchev–Trinajstić information content (AvgIpc) is 3.20. The van der Waals surface area contributed by atoms with Crippen molar-refractivity contribution in [2.75, 3.05) is 13.7 Å². The second-order valence-electron chi connectivity index (χ2n) is 6.58. The predicted octanol–water partition coefficient (Wildman–Crippen LogP) is 3.00. The minimum Gasteiger partial charge on any atom is -0.493 e. The van der Waals surface area contributed by atoms with E-state index in [1.165, 1.54) is 31.6 Å². The van der Waals surface area contributed by atoms with Gasteiger partial charge in [-0.1, -0.05) is 19.9 Å². The number of furan rings is 1. The van der Waals surface area contributed by atoms with Gasteiger partial charge in [-0.25, -0.2) is 0 Å². The maximum atomic E-state index is 12.5. The van der Waals surface area contributed by atoms with Crippen LogP contribution in [-0.2, 0) is 11.2 Å². The lowest BCUT2D eigenvalue weighted by Gasteiger charge is -2.21. The summed E-state index contributed by atoms with van der Waals surface area (Å²) in [6.45, 7) is 0.899. The van der Waals surface area contributed by atoms with Crippen LogP contribution in [0.5, 0.6) is 11.5 Å². The first kappa shape index (κ1) is 22.2. The van der Waals surface area contributed by atoms with E-state index in [1.807, 2.05) is 13.8 Å². The fourth-order valence-electron chi connectivity index (χ4n) is 2.66. The number of carbonyl (C=O) groups excluding carboxylic acids is 2. The van der Waals surface area contributed by atoms with Gasteiger partial charge in [0.05, 0.1) is 13.4 Å². The number of carbonyl (C=O) groups is 2. The third kappa shape index (κ3) is 6.48. The molecule has 7 nitrogen and oxygen atoms in total. The second kappa shape index (κ2) is 10.4. The molecule has 0 saturated carbocycles. The zero-order chi connectivity index (χ0) is 21.4. The highest BCUT2D eigenvalue weighted by atomic mass is 19.3. The van der Waals surface area contributed by atoms with Crippen molar-refractivity contribution < 1.29 is 32.3 Å². The quantitative estimate of drug-likeness (QED) is 0.629. The first-order valence-corrected chi connectivity index (χ1v) is 9.05. The molecule has 0 fully saturated rings.